The zero-order valence-corrected chi connectivity index (χ0v) is 7.81. The lowest BCUT2D eigenvalue weighted by Gasteiger charge is -2.77. The fourth-order valence-corrected chi connectivity index (χ4v) is 5.14. The van der Waals surface area contributed by atoms with Gasteiger partial charge < -0.3 is 0 Å². The predicted octanol–water partition coefficient (Wildman–Crippen LogP) is 3.37. The second kappa shape index (κ2) is 1.63. The monoisotopic (exact) mass is 162 g/mol. The van der Waals surface area contributed by atoms with Crippen LogP contribution in [0.15, 0.2) is 0 Å². The molecule has 0 heterocycles. The molecule has 0 atom stereocenters. The van der Waals surface area contributed by atoms with Crippen LogP contribution in [0.5, 0.6) is 0 Å². The van der Waals surface area contributed by atoms with Gasteiger partial charge in [0.2, 0.25) is 0 Å². The molecule has 66 valence electrons. The molecule has 0 radical (unpaired) electrons. The average molecular weight is 162 g/mol. The van der Waals surface area contributed by atoms with Gasteiger partial charge in [-0.1, -0.05) is 0 Å². The van der Waals surface area contributed by atoms with Crippen LogP contribution >= 0.6 is 0 Å². The lowest BCUT2D eigenvalue weighted by atomic mass is 9.27. The van der Waals surface area contributed by atoms with Crippen LogP contribution in [0, 0.1) is 22.7 Å². The molecule has 0 heteroatoms. The summed E-state index contributed by atoms with van der Waals surface area (Å²) in [4.78, 5) is 0. The van der Waals surface area contributed by atoms with E-state index in [1.807, 2.05) is 0 Å². The first-order valence-corrected chi connectivity index (χ1v) is 5.87. The van der Waals surface area contributed by atoms with Crippen LogP contribution in [-0.2, 0) is 0 Å². The summed E-state index contributed by atoms with van der Waals surface area (Å²) in [6.07, 6.45) is 12.8. The third kappa shape index (κ3) is 0.400. The molecule has 0 nitrogen and oxygen atoms in total. The van der Waals surface area contributed by atoms with Crippen LogP contribution < -0.4 is 0 Å². The molecular weight excluding hydrogens is 144 g/mol. The highest BCUT2D eigenvalue weighted by atomic mass is 14.8. The van der Waals surface area contributed by atoms with E-state index < -0.39 is 0 Å². The van der Waals surface area contributed by atoms with Gasteiger partial charge in [-0.2, -0.15) is 0 Å². The summed E-state index contributed by atoms with van der Waals surface area (Å²) in [6, 6.07) is 0. The Morgan fingerprint density at radius 2 is 0.917 bits per heavy atom. The molecule has 0 amide bonds. The van der Waals surface area contributed by atoms with Crippen LogP contribution in [-0.4, -0.2) is 0 Å². The van der Waals surface area contributed by atoms with Crippen molar-refractivity contribution >= 4 is 0 Å². The van der Waals surface area contributed by atoms with Crippen molar-refractivity contribution in [3.8, 4) is 0 Å². The number of hydrogen-bond donors (Lipinski definition) is 0. The lowest BCUT2D eigenvalue weighted by Crippen LogP contribution is -2.68. The van der Waals surface area contributed by atoms with Crippen LogP contribution in [0.2, 0.25) is 0 Å². The standard InChI is InChI=1S/C12H18/c1-5-11(6-2-9(1)11)12-7-3-10(12)4-8-12/h9-10H,1-8H2. The van der Waals surface area contributed by atoms with Gasteiger partial charge in [0.15, 0.2) is 0 Å². The van der Waals surface area contributed by atoms with Crippen LogP contribution in [0.4, 0.5) is 0 Å². The predicted molar refractivity (Wildman–Crippen MR) is 48.8 cm³/mol. The molecule has 0 aromatic rings. The highest BCUT2D eigenvalue weighted by molar-refractivity contribution is 5.21. The molecule has 0 aromatic carbocycles. The summed E-state index contributed by atoms with van der Waals surface area (Å²) in [5.74, 6) is 2.42. The third-order valence-electron chi connectivity index (χ3n) is 6.31. The maximum atomic E-state index is 1.62. The molecule has 12 heavy (non-hydrogen) atoms. The highest BCUT2D eigenvalue weighted by Crippen LogP contribution is 2.81. The Hall–Kier alpha value is 0. The van der Waals surface area contributed by atoms with Crippen LogP contribution in [0.25, 0.3) is 0 Å². The van der Waals surface area contributed by atoms with Crippen molar-refractivity contribution in [1.82, 2.24) is 0 Å². The molecular formula is C12H18. The quantitative estimate of drug-likeness (QED) is 0.554. The van der Waals surface area contributed by atoms with Gasteiger partial charge in [0.1, 0.15) is 0 Å². The van der Waals surface area contributed by atoms with Crippen molar-refractivity contribution in [1.29, 1.82) is 0 Å². The maximum absolute atomic E-state index is 1.62. The number of hydrogen-bond acceptors (Lipinski definition) is 0. The van der Waals surface area contributed by atoms with Gasteiger partial charge in [-0.05, 0) is 74.0 Å². The van der Waals surface area contributed by atoms with E-state index in [1.165, 1.54) is 11.8 Å². The van der Waals surface area contributed by atoms with Gasteiger partial charge in [0, 0.05) is 0 Å². The van der Waals surface area contributed by atoms with Gasteiger partial charge in [0.05, 0.1) is 0 Å². The summed E-state index contributed by atoms with van der Waals surface area (Å²) in [5, 5.41) is 0. The maximum Gasteiger partial charge on any atom is -0.0210 e. The number of rotatable bonds is 1. The van der Waals surface area contributed by atoms with Gasteiger partial charge in [-0.3, -0.25) is 0 Å². The Bertz CT molecular complexity index is 198. The summed E-state index contributed by atoms with van der Waals surface area (Å²) in [6.45, 7) is 0. The Labute approximate surface area is 74.7 Å². The largest absolute Gasteiger partial charge is 0.0493 e. The minimum absolute atomic E-state index is 0.953. The molecule has 4 aliphatic rings. The van der Waals surface area contributed by atoms with E-state index in [-0.39, 0.29) is 0 Å². The lowest BCUT2D eigenvalue weighted by molar-refractivity contribution is -0.279. The van der Waals surface area contributed by atoms with Gasteiger partial charge in [-0.25, -0.2) is 0 Å². The zero-order valence-electron chi connectivity index (χ0n) is 7.81. The van der Waals surface area contributed by atoms with Gasteiger partial charge in [0.25, 0.3) is 0 Å². The van der Waals surface area contributed by atoms with Gasteiger partial charge >= 0.3 is 0 Å². The summed E-state index contributed by atoms with van der Waals surface area (Å²) >= 11 is 0. The summed E-state index contributed by atoms with van der Waals surface area (Å²) < 4.78 is 0. The van der Waals surface area contributed by atoms with Crippen molar-refractivity contribution < 1.29 is 0 Å². The van der Waals surface area contributed by atoms with Crippen molar-refractivity contribution in [2.24, 2.45) is 22.7 Å². The molecule has 0 N–H and O–H groups in total. The van der Waals surface area contributed by atoms with Gasteiger partial charge in [-0.15, -0.1) is 0 Å². The van der Waals surface area contributed by atoms with Crippen LogP contribution in [0.3, 0.4) is 0 Å². The van der Waals surface area contributed by atoms with E-state index in [9.17, 15) is 0 Å². The molecule has 0 saturated heterocycles. The van der Waals surface area contributed by atoms with Crippen LogP contribution in [0.1, 0.15) is 51.4 Å². The highest BCUT2D eigenvalue weighted by Gasteiger charge is 2.71. The first kappa shape index (κ1) is 6.45. The Morgan fingerprint density at radius 1 is 0.583 bits per heavy atom. The normalized spacial score (nSPS) is 66.0. The Kier molecular flexibility index (Phi) is 0.875. The molecule has 0 bridgehead atoms. The molecule has 4 aliphatic carbocycles. The minimum atomic E-state index is 0.953. The Balaban J connectivity index is 1.71. The second-order valence-electron chi connectivity index (χ2n) is 5.86. The van der Waals surface area contributed by atoms with E-state index in [2.05, 4.69) is 0 Å². The van der Waals surface area contributed by atoms with E-state index in [4.69, 9.17) is 0 Å². The minimum Gasteiger partial charge on any atom is -0.0493 e. The molecule has 0 unspecified atom stereocenters. The van der Waals surface area contributed by atoms with Crippen molar-refractivity contribution in [3.63, 3.8) is 0 Å². The summed E-state index contributed by atoms with van der Waals surface area (Å²) in [7, 11) is 0. The first-order chi connectivity index (χ1) is 5.87. The molecule has 0 spiro atoms. The molecule has 0 aromatic heterocycles. The number of fused-ring (bicyclic) bond motifs is 3. The first-order valence-electron chi connectivity index (χ1n) is 5.87. The average Bonchev–Trinajstić information content (AvgIpc) is 2.06. The van der Waals surface area contributed by atoms with E-state index >= 15 is 0 Å². The third-order valence-corrected chi connectivity index (χ3v) is 6.31. The van der Waals surface area contributed by atoms with Crippen molar-refractivity contribution in [2.75, 3.05) is 0 Å². The second-order valence-corrected chi connectivity index (χ2v) is 5.86. The molecule has 4 rings (SSSR count). The molecule has 0 aliphatic heterocycles. The van der Waals surface area contributed by atoms with E-state index in [1.54, 1.807) is 51.4 Å². The Morgan fingerprint density at radius 3 is 1.00 bits per heavy atom. The topological polar surface area (TPSA) is 0 Å². The summed E-state index contributed by atoms with van der Waals surface area (Å²) in [5.41, 5.74) is 1.91. The zero-order chi connectivity index (χ0) is 7.81. The molecule has 4 saturated carbocycles. The van der Waals surface area contributed by atoms with E-state index in [0.717, 1.165) is 10.8 Å². The fourth-order valence-electron chi connectivity index (χ4n) is 5.14. The SMILES string of the molecule is C1CC2(C34CCC3CC4)CCC12. The van der Waals surface area contributed by atoms with Crippen molar-refractivity contribution in [2.45, 2.75) is 51.4 Å². The van der Waals surface area contributed by atoms with Crippen molar-refractivity contribution in [3.05, 3.63) is 0 Å². The molecule has 4 fully saturated rings. The fraction of sp³-hybridized carbons (Fsp3) is 1.00. The smallest absolute Gasteiger partial charge is 0.0210 e. The van der Waals surface area contributed by atoms with E-state index in [0.29, 0.717) is 0 Å².